The molecule has 0 saturated carbocycles. The minimum absolute atomic E-state index is 0.0291. The number of carbonyl (C=O) groups excluding carboxylic acids is 1. The summed E-state index contributed by atoms with van der Waals surface area (Å²) in [5, 5.41) is 9.35. The van der Waals surface area contributed by atoms with E-state index < -0.39 is 0 Å². The molecule has 3 N–H and O–H groups in total. The highest BCUT2D eigenvalue weighted by Gasteiger charge is 2.33. The van der Waals surface area contributed by atoms with E-state index in [2.05, 4.69) is 6.92 Å². The van der Waals surface area contributed by atoms with Gasteiger partial charge < -0.3 is 15.7 Å². The topological polar surface area (TPSA) is 66.6 Å². The van der Waals surface area contributed by atoms with Crippen LogP contribution in [0.5, 0.6) is 0 Å². The summed E-state index contributed by atoms with van der Waals surface area (Å²) in [7, 11) is 0. The van der Waals surface area contributed by atoms with Crippen molar-refractivity contribution in [1.29, 1.82) is 0 Å². The van der Waals surface area contributed by atoms with E-state index in [1.807, 2.05) is 24.3 Å². The SMILES string of the molecule is CC1CCN(C(=O)Cc2cccc(N)c2)C1CO. The van der Waals surface area contributed by atoms with Gasteiger partial charge in [-0.3, -0.25) is 4.79 Å². The van der Waals surface area contributed by atoms with E-state index in [0.29, 0.717) is 18.0 Å². The second-order valence-corrected chi connectivity index (χ2v) is 5.02. The number of hydrogen-bond donors (Lipinski definition) is 2. The third-order valence-electron chi connectivity index (χ3n) is 3.70. The molecule has 2 unspecified atom stereocenters. The molecule has 1 amide bonds. The van der Waals surface area contributed by atoms with Crippen molar-refractivity contribution in [2.75, 3.05) is 18.9 Å². The summed E-state index contributed by atoms with van der Waals surface area (Å²) in [5.41, 5.74) is 7.30. The van der Waals surface area contributed by atoms with E-state index in [9.17, 15) is 9.90 Å². The van der Waals surface area contributed by atoms with Crippen LogP contribution in [0.4, 0.5) is 5.69 Å². The van der Waals surface area contributed by atoms with Crippen LogP contribution >= 0.6 is 0 Å². The van der Waals surface area contributed by atoms with Gasteiger partial charge in [-0.05, 0) is 30.0 Å². The minimum Gasteiger partial charge on any atom is -0.399 e. The number of hydrogen-bond acceptors (Lipinski definition) is 3. The molecule has 0 radical (unpaired) electrons. The standard InChI is InChI=1S/C14H20N2O2/c1-10-5-6-16(13(10)9-17)14(18)8-11-3-2-4-12(15)7-11/h2-4,7,10,13,17H,5-6,8-9,15H2,1H3. The number of carbonyl (C=O) groups is 1. The Kier molecular flexibility index (Phi) is 3.87. The first-order valence-corrected chi connectivity index (χ1v) is 6.36. The van der Waals surface area contributed by atoms with Gasteiger partial charge in [-0.1, -0.05) is 19.1 Å². The molecule has 4 heteroatoms. The van der Waals surface area contributed by atoms with Gasteiger partial charge in [0.05, 0.1) is 19.1 Å². The Hall–Kier alpha value is -1.55. The van der Waals surface area contributed by atoms with Gasteiger partial charge in [0, 0.05) is 12.2 Å². The highest BCUT2D eigenvalue weighted by molar-refractivity contribution is 5.79. The monoisotopic (exact) mass is 248 g/mol. The Morgan fingerprint density at radius 3 is 3.00 bits per heavy atom. The molecule has 0 spiro atoms. The van der Waals surface area contributed by atoms with E-state index in [-0.39, 0.29) is 18.6 Å². The molecule has 1 aliphatic rings. The number of aliphatic hydroxyl groups is 1. The van der Waals surface area contributed by atoms with Crippen LogP contribution in [-0.2, 0) is 11.2 Å². The van der Waals surface area contributed by atoms with Gasteiger partial charge in [-0.15, -0.1) is 0 Å². The van der Waals surface area contributed by atoms with Gasteiger partial charge in [-0.2, -0.15) is 0 Å². The number of nitrogens with two attached hydrogens (primary N) is 1. The average molecular weight is 248 g/mol. The van der Waals surface area contributed by atoms with Gasteiger partial charge in [0.25, 0.3) is 0 Å². The molecule has 1 aromatic carbocycles. The molecular weight excluding hydrogens is 228 g/mol. The van der Waals surface area contributed by atoms with Crippen LogP contribution in [0.2, 0.25) is 0 Å². The van der Waals surface area contributed by atoms with Crippen molar-refractivity contribution < 1.29 is 9.90 Å². The molecule has 2 atom stereocenters. The molecule has 0 bridgehead atoms. The molecule has 0 aromatic heterocycles. The van der Waals surface area contributed by atoms with Crippen LogP contribution in [0.3, 0.4) is 0 Å². The van der Waals surface area contributed by atoms with E-state index in [4.69, 9.17) is 5.73 Å². The predicted molar refractivity (Wildman–Crippen MR) is 70.9 cm³/mol. The second kappa shape index (κ2) is 5.40. The number of likely N-dealkylation sites (tertiary alicyclic amines) is 1. The summed E-state index contributed by atoms with van der Waals surface area (Å²) in [6, 6.07) is 7.36. The summed E-state index contributed by atoms with van der Waals surface area (Å²) in [6.07, 6.45) is 1.32. The van der Waals surface area contributed by atoms with Crippen molar-refractivity contribution in [3.05, 3.63) is 29.8 Å². The van der Waals surface area contributed by atoms with E-state index in [1.54, 1.807) is 4.90 Å². The van der Waals surface area contributed by atoms with Crippen LogP contribution in [0.15, 0.2) is 24.3 Å². The van der Waals surface area contributed by atoms with Crippen molar-refractivity contribution in [2.24, 2.45) is 5.92 Å². The fourth-order valence-electron chi connectivity index (χ4n) is 2.58. The van der Waals surface area contributed by atoms with Gasteiger partial charge in [-0.25, -0.2) is 0 Å². The third-order valence-corrected chi connectivity index (χ3v) is 3.70. The van der Waals surface area contributed by atoms with E-state index >= 15 is 0 Å². The lowest BCUT2D eigenvalue weighted by molar-refractivity contribution is -0.132. The second-order valence-electron chi connectivity index (χ2n) is 5.02. The number of nitrogen functional groups attached to an aromatic ring is 1. The Morgan fingerprint density at radius 1 is 1.56 bits per heavy atom. The number of nitrogens with zero attached hydrogens (tertiary/aromatic N) is 1. The van der Waals surface area contributed by atoms with Gasteiger partial charge in [0.1, 0.15) is 0 Å². The first-order valence-electron chi connectivity index (χ1n) is 6.36. The summed E-state index contributed by atoms with van der Waals surface area (Å²) >= 11 is 0. The Labute approximate surface area is 107 Å². The molecule has 18 heavy (non-hydrogen) atoms. The third kappa shape index (κ3) is 2.64. The zero-order valence-corrected chi connectivity index (χ0v) is 10.7. The van der Waals surface area contributed by atoms with Crippen LogP contribution in [0, 0.1) is 5.92 Å². The summed E-state index contributed by atoms with van der Waals surface area (Å²) in [6.45, 7) is 2.87. The summed E-state index contributed by atoms with van der Waals surface area (Å²) in [4.78, 5) is 14.0. The lowest BCUT2D eigenvalue weighted by atomic mass is 10.0. The van der Waals surface area contributed by atoms with Crippen LogP contribution in [0.25, 0.3) is 0 Å². The maximum Gasteiger partial charge on any atom is 0.227 e. The van der Waals surface area contributed by atoms with E-state index in [1.165, 1.54) is 0 Å². The van der Waals surface area contributed by atoms with Crippen molar-refractivity contribution in [2.45, 2.75) is 25.8 Å². The highest BCUT2D eigenvalue weighted by atomic mass is 16.3. The van der Waals surface area contributed by atoms with Gasteiger partial charge >= 0.3 is 0 Å². The zero-order chi connectivity index (χ0) is 13.1. The van der Waals surface area contributed by atoms with Crippen molar-refractivity contribution >= 4 is 11.6 Å². The first-order chi connectivity index (χ1) is 8.61. The van der Waals surface area contributed by atoms with Crippen LogP contribution < -0.4 is 5.73 Å². The smallest absolute Gasteiger partial charge is 0.227 e. The van der Waals surface area contributed by atoms with E-state index in [0.717, 1.165) is 18.5 Å². The van der Waals surface area contributed by atoms with Crippen molar-refractivity contribution in [3.8, 4) is 0 Å². The van der Waals surface area contributed by atoms with Crippen LogP contribution in [0.1, 0.15) is 18.9 Å². The lowest BCUT2D eigenvalue weighted by Crippen LogP contribution is -2.40. The first kappa shape index (κ1) is 12.9. The molecule has 1 aromatic rings. The Balaban J connectivity index is 2.04. The molecule has 0 aliphatic carbocycles. The number of aliphatic hydroxyl groups excluding tert-OH is 1. The Morgan fingerprint density at radius 2 is 2.33 bits per heavy atom. The lowest BCUT2D eigenvalue weighted by Gasteiger charge is -2.25. The average Bonchev–Trinajstić information content (AvgIpc) is 2.70. The van der Waals surface area contributed by atoms with Crippen molar-refractivity contribution in [1.82, 2.24) is 4.90 Å². The fraction of sp³-hybridized carbons (Fsp3) is 0.500. The number of rotatable bonds is 3. The molecule has 1 aliphatic heterocycles. The maximum absolute atomic E-state index is 12.2. The highest BCUT2D eigenvalue weighted by Crippen LogP contribution is 2.24. The minimum atomic E-state index is -0.0291. The Bertz CT molecular complexity index is 434. The summed E-state index contributed by atoms with van der Waals surface area (Å²) in [5.74, 6) is 0.448. The molecule has 1 saturated heterocycles. The number of amides is 1. The quantitative estimate of drug-likeness (QED) is 0.785. The van der Waals surface area contributed by atoms with Gasteiger partial charge in [0.15, 0.2) is 0 Å². The molecule has 4 nitrogen and oxygen atoms in total. The van der Waals surface area contributed by atoms with Crippen LogP contribution in [-0.4, -0.2) is 35.1 Å². The molecule has 98 valence electrons. The molecule has 2 rings (SSSR count). The predicted octanol–water partition coefficient (Wildman–Crippen LogP) is 1.04. The largest absolute Gasteiger partial charge is 0.399 e. The molecular formula is C14H20N2O2. The fourth-order valence-corrected chi connectivity index (χ4v) is 2.58. The summed E-state index contributed by atoms with van der Waals surface area (Å²) < 4.78 is 0. The number of benzene rings is 1. The van der Waals surface area contributed by atoms with Gasteiger partial charge in [0.2, 0.25) is 5.91 Å². The molecule has 1 heterocycles. The molecule has 1 fully saturated rings. The normalized spacial score (nSPS) is 23.3. The number of anilines is 1. The van der Waals surface area contributed by atoms with Crippen molar-refractivity contribution in [3.63, 3.8) is 0 Å². The maximum atomic E-state index is 12.2. The zero-order valence-electron chi connectivity index (χ0n) is 10.7.